The Morgan fingerprint density at radius 3 is 3.04 bits per heavy atom. The molecule has 2 amide bonds. The fourth-order valence-electron chi connectivity index (χ4n) is 2.12. The van der Waals surface area contributed by atoms with Crippen molar-refractivity contribution < 1.29 is 4.79 Å². The molecule has 0 aliphatic carbocycles. The third-order valence-electron chi connectivity index (χ3n) is 3.35. The summed E-state index contributed by atoms with van der Waals surface area (Å²) in [5.74, 6) is 0.206. The molecule has 2 rings (SSSR count). The molecule has 2 heterocycles. The maximum atomic E-state index is 11.8. The predicted molar refractivity (Wildman–Crippen MR) is 85.2 cm³/mol. The zero-order chi connectivity index (χ0) is 16.7. The highest BCUT2D eigenvalue weighted by Crippen LogP contribution is 2.13. The Labute approximate surface area is 134 Å². The van der Waals surface area contributed by atoms with Crippen LogP contribution in [0.2, 0.25) is 0 Å². The fraction of sp³-hybridized carbons (Fsp3) is 0.333. The molecule has 2 aromatic rings. The maximum Gasteiger partial charge on any atom is 0.315 e. The van der Waals surface area contributed by atoms with E-state index >= 15 is 0 Å². The summed E-state index contributed by atoms with van der Waals surface area (Å²) in [4.78, 5) is 16.0. The van der Waals surface area contributed by atoms with Crippen molar-refractivity contribution in [3.63, 3.8) is 0 Å². The second-order valence-electron chi connectivity index (χ2n) is 5.05. The minimum absolute atomic E-state index is 0.172. The molecule has 0 aliphatic heterocycles. The lowest BCUT2D eigenvalue weighted by Crippen LogP contribution is -2.37. The van der Waals surface area contributed by atoms with Crippen LogP contribution in [-0.2, 0) is 6.42 Å². The van der Waals surface area contributed by atoms with Gasteiger partial charge >= 0.3 is 6.03 Å². The van der Waals surface area contributed by atoms with E-state index in [1.807, 2.05) is 31.2 Å². The van der Waals surface area contributed by atoms with Crippen LogP contribution in [0.1, 0.15) is 36.3 Å². The molecule has 0 radical (unpaired) electrons. The SMILES string of the molecule is C[C@H](NC(=O)NCCCc1[nH]nc(N)c1C#N)c1ccccn1. The summed E-state index contributed by atoms with van der Waals surface area (Å²) in [6, 6.07) is 7.15. The smallest absolute Gasteiger partial charge is 0.315 e. The highest BCUT2D eigenvalue weighted by atomic mass is 16.2. The number of nitrogens with one attached hydrogen (secondary N) is 3. The van der Waals surface area contributed by atoms with Crippen molar-refractivity contribution >= 4 is 11.8 Å². The number of carbonyl (C=O) groups excluding carboxylic acids is 1. The molecule has 1 atom stereocenters. The first kappa shape index (κ1) is 16.3. The molecular weight excluding hydrogens is 294 g/mol. The number of hydrogen-bond acceptors (Lipinski definition) is 5. The predicted octanol–water partition coefficient (Wildman–Crippen LogP) is 1.25. The van der Waals surface area contributed by atoms with Crippen molar-refractivity contribution in [2.24, 2.45) is 0 Å². The van der Waals surface area contributed by atoms with Crippen LogP contribution in [-0.4, -0.2) is 27.8 Å². The van der Waals surface area contributed by atoms with Crippen LogP contribution in [0.25, 0.3) is 0 Å². The van der Waals surface area contributed by atoms with E-state index in [-0.39, 0.29) is 17.9 Å². The van der Waals surface area contributed by atoms with E-state index in [0.29, 0.717) is 30.6 Å². The summed E-state index contributed by atoms with van der Waals surface area (Å²) in [7, 11) is 0. The average Bonchev–Trinajstić information content (AvgIpc) is 2.92. The van der Waals surface area contributed by atoms with Gasteiger partial charge in [-0.2, -0.15) is 10.4 Å². The first-order chi connectivity index (χ1) is 11.1. The molecule has 0 saturated carbocycles. The van der Waals surface area contributed by atoms with Crippen LogP contribution in [0.5, 0.6) is 0 Å². The van der Waals surface area contributed by atoms with Crippen molar-refractivity contribution in [1.29, 1.82) is 5.26 Å². The van der Waals surface area contributed by atoms with E-state index in [0.717, 1.165) is 5.69 Å². The van der Waals surface area contributed by atoms with Gasteiger partial charge < -0.3 is 16.4 Å². The molecule has 23 heavy (non-hydrogen) atoms. The van der Waals surface area contributed by atoms with E-state index in [1.165, 1.54) is 0 Å². The first-order valence-electron chi connectivity index (χ1n) is 7.30. The van der Waals surface area contributed by atoms with Gasteiger partial charge in [0.05, 0.1) is 17.4 Å². The van der Waals surface area contributed by atoms with Gasteiger partial charge in [-0.15, -0.1) is 0 Å². The number of amides is 2. The zero-order valence-corrected chi connectivity index (χ0v) is 12.8. The van der Waals surface area contributed by atoms with Gasteiger partial charge in [-0.25, -0.2) is 4.79 Å². The van der Waals surface area contributed by atoms with Crippen molar-refractivity contribution in [3.05, 3.63) is 41.3 Å². The van der Waals surface area contributed by atoms with E-state index in [2.05, 4.69) is 25.8 Å². The van der Waals surface area contributed by atoms with Gasteiger partial charge in [0.25, 0.3) is 0 Å². The van der Waals surface area contributed by atoms with Crippen molar-refractivity contribution in [1.82, 2.24) is 25.8 Å². The number of nitrogens with two attached hydrogens (primary N) is 1. The Bertz CT molecular complexity index is 690. The van der Waals surface area contributed by atoms with Crippen LogP contribution in [0.15, 0.2) is 24.4 Å². The monoisotopic (exact) mass is 313 g/mol. The van der Waals surface area contributed by atoms with Crippen LogP contribution in [0.3, 0.4) is 0 Å². The van der Waals surface area contributed by atoms with Gasteiger partial charge in [-0.1, -0.05) is 6.07 Å². The van der Waals surface area contributed by atoms with Gasteiger partial charge in [0.1, 0.15) is 11.6 Å². The minimum Gasteiger partial charge on any atom is -0.381 e. The third-order valence-corrected chi connectivity index (χ3v) is 3.35. The summed E-state index contributed by atoms with van der Waals surface area (Å²) in [6.45, 7) is 2.35. The molecule has 0 saturated heterocycles. The Hall–Kier alpha value is -3.08. The van der Waals surface area contributed by atoms with E-state index in [1.54, 1.807) is 6.20 Å². The van der Waals surface area contributed by atoms with Crippen molar-refractivity contribution in [2.45, 2.75) is 25.8 Å². The number of anilines is 1. The number of nitrogen functional groups attached to an aromatic ring is 1. The van der Waals surface area contributed by atoms with Crippen LogP contribution >= 0.6 is 0 Å². The molecule has 8 nitrogen and oxygen atoms in total. The van der Waals surface area contributed by atoms with Gasteiger partial charge in [-0.3, -0.25) is 10.1 Å². The number of nitriles is 1. The third kappa shape index (κ3) is 4.44. The lowest BCUT2D eigenvalue weighted by molar-refractivity contribution is 0.237. The second kappa shape index (κ2) is 7.79. The molecule has 0 aromatic carbocycles. The maximum absolute atomic E-state index is 11.8. The largest absolute Gasteiger partial charge is 0.381 e. The standard InChI is InChI=1S/C15H19N7O/c1-10(12-5-2-3-7-18-12)20-15(23)19-8-4-6-13-11(9-16)14(17)22-21-13/h2-3,5,7,10H,4,6,8H2,1H3,(H3,17,21,22)(H2,19,20,23)/t10-/m0/s1. The number of hydrogen-bond donors (Lipinski definition) is 4. The average molecular weight is 313 g/mol. The number of nitrogens with zero attached hydrogens (tertiary/aromatic N) is 3. The summed E-state index contributed by atoms with van der Waals surface area (Å²) in [6.07, 6.45) is 2.94. The summed E-state index contributed by atoms with van der Waals surface area (Å²) < 4.78 is 0. The molecule has 2 aromatic heterocycles. The zero-order valence-electron chi connectivity index (χ0n) is 12.8. The molecule has 120 valence electrons. The molecule has 5 N–H and O–H groups in total. The molecule has 0 spiro atoms. The van der Waals surface area contributed by atoms with Gasteiger partial charge in [0.2, 0.25) is 0 Å². The lowest BCUT2D eigenvalue weighted by Gasteiger charge is -2.14. The minimum atomic E-state index is -0.257. The number of rotatable bonds is 6. The quantitative estimate of drug-likeness (QED) is 0.596. The van der Waals surface area contributed by atoms with Crippen LogP contribution in [0, 0.1) is 11.3 Å². The fourth-order valence-corrected chi connectivity index (χ4v) is 2.12. The van der Waals surface area contributed by atoms with Gasteiger partial charge in [0, 0.05) is 12.7 Å². The van der Waals surface area contributed by atoms with Crippen molar-refractivity contribution in [3.8, 4) is 6.07 Å². The number of urea groups is 1. The second-order valence-corrected chi connectivity index (χ2v) is 5.05. The normalized spacial score (nSPS) is 11.5. The number of aromatic amines is 1. The van der Waals surface area contributed by atoms with Gasteiger partial charge in [-0.05, 0) is 31.9 Å². The molecule has 0 unspecified atom stereocenters. The Morgan fingerprint density at radius 1 is 1.52 bits per heavy atom. The van der Waals surface area contributed by atoms with E-state index in [4.69, 9.17) is 11.0 Å². The van der Waals surface area contributed by atoms with E-state index in [9.17, 15) is 4.79 Å². The van der Waals surface area contributed by atoms with Crippen LogP contribution < -0.4 is 16.4 Å². The lowest BCUT2D eigenvalue weighted by atomic mass is 10.1. The number of H-pyrrole nitrogens is 1. The molecular formula is C15H19N7O. The van der Waals surface area contributed by atoms with E-state index < -0.39 is 0 Å². The topological polar surface area (TPSA) is 133 Å². The summed E-state index contributed by atoms with van der Waals surface area (Å²) in [5, 5.41) is 21.1. The van der Waals surface area contributed by atoms with Gasteiger partial charge in [0.15, 0.2) is 5.82 Å². The van der Waals surface area contributed by atoms with Crippen molar-refractivity contribution in [2.75, 3.05) is 12.3 Å². The summed E-state index contributed by atoms with van der Waals surface area (Å²) >= 11 is 0. The number of aryl methyl sites for hydroxylation is 1. The highest BCUT2D eigenvalue weighted by Gasteiger charge is 2.11. The molecule has 0 aliphatic rings. The Morgan fingerprint density at radius 2 is 2.35 bits per heavy atom. The number of aromatic nitrogens is 3. The highest BCUT2D eigenvalue weighted by molar-refractivity contribution is 5.74. The van der Waals surface area contributed by atoms with Crippen LogP contribution in [0.4, 0.5) is 10.6 Å². The summed E-state index contributed by atoms with van der Waals surface area (Å²) in [5.41, 5.74) is 7.43. The number of pyridine rings is 1. The first-order valence-corrected chi connectivity index (χ1v) is 7.30. The Kier molecular flexibility index (Phi) is 5.52. The molecule has 8 heteroatoms. The Balaban J connectivity index is 1.72. The number of carbonyl (C=O) groups is 1. The molecule has 0 fully saturated rings. The molecule has 0 bridgehead atoms.